The fraction of sp³-hybridized carbons (Fsp3) is 0.318. The Morgan fingerprint density at radius 2 is 1.96 bits per heavy atom. The lowest BCUT2D eigenvalue weighted by Crippen LogP contribution is -2.45. The molecule has 0 fully saturated rings. The molecule has 0 unspecified atom stereocenters. The normalized spacial score (nSPS) is 16.0. The van der Waals surface area contributed by atoms with Gasteiger partial charge in [-0.1, -0.05) is 36.7 Å². The van der Waals surface area contributed by atoms with Crippen LogP contribution in [-0.4, -0.2) is 18.3 Å². The van der Waals surface area contributed by atoms with E-state index in [-0.39, 0.29) is 5.54 Å². The smallest absolute Gasteiger partial charge is 0.0644 e. The highest BCUT2D eigenvalue weighted by atomic mass is 35.5. The summed E-state index contributed by atoms with van der Waals surface area (Å²) in [7, 11) is 0. The van der Waals surface area contributed by atoms with Gasteiger partial charge < -0.3 is 4.90 Å². The third-order valence-corrected chi connectivity index (χ3v) is 4.85. The minimum Gasteiger partial charge on any atom is -0.362 e. The fourth-order valence-electron chi connectivity index (χ4n) is 3.52. The van der Waals surface area contributed by atoms with Gasteiger partial charge in [0.1, 0.15) is 0 Å². The summed E-state index contributed by atoms with van der Waals surface area (Å²) in [6.07, 6.45) is 5.40. The number of hydrogen-bond acceptors (Lipinski definition) is 2. The zero-order valence-corrected chi connectivity index (χ0v) is 16.1. The first-order valence-corrected chi connectivity index (χ1v) is 9.19. The van der Waals surface area contributed by atoms with E-state index in [9.17, 15) is 0 Å². The Morgan fingerprint density at radius 3 is 2.68 bits per heavy atom. The average Bonchev–Trinajstić information content (AvgIpc) is 2.56. The molecule has 25 heavy (non-hydrogen) atoms. The van der Waals surface area contributed by atoms with E-state index in [0.29, 0.717) is 5.02 Å². The molecule has 130 valence electrons. The molecule has 2 aromatic carbocycles. The van der Waals surface area contributed by atoms with E-state index in [0.717, 1.165) is 24.2 Å². The third-order valence-electron chi connectivity index (χ3n) is 4.62. The van der Waals surface area contributed by atoms with Crippen molar-refractivity contribution in [3.63, 3.8) is 0 Å². The van der Waals surface area contributed by atoms with Crippen molar-refractivity contribution >= 4 is 34.8 Å². The summed E-state index contributed by atoms with van der Waals surface area (Å²) >= 11 is 6.03. The van der Waals surface area contributed by atoms with Gasteiger partial charge in [0.25, 0.3) is 0 Å². The Balaban J connectivity index is 1.95. The molecule has 3 heteroatoms. The first kappa shape index (κ1) is 17.8. The highest BCUT2D eigenvalue weighted by molar-refractivity contribution is 6.30. The Hall–Kier alpha value is -2.06. The van der Waals surface area contributed by atoms with Crippen molar-refractivity contribution in [2.24, 2.45) is 4.99 Å². The second-order valence-corrected chi connectivity index (χ2v) is 7.58. The Bertz CT molecular complexity index is 834. The number of fused-ring (bicyclic) bond motifs is 1. The van der Waals surface area contributed by atoms with Crippen LogP contribution in [-0.2, 0) is 0 Å². The first-order chi connectivity index (χ1) is 11.9. The quantitative estimate of drug-likeness (QED) is 0.573. The highest BCUT2D eigenvalue weighted by Gasteiger charge is 2.30. The number of rotatable bonds is 4. The van der Waals surface area contributed by atoms with Crippen LogP contribution in [0.25, 0.3) is 5.57 Å². The van der Waals surface area contributed by atoms with E-state index in [1.165, 1.54) is 16.8 Å². The molecular weight excluding hydrogens is 328 g/mol. The largest absolute Gasteiger partial charge is 0.362 e. The van der Waals surface area contributed by atoms with E-state index in [2.05, 4.69) is 61.9 Å². The van der Waals surface area contributed by atoms with Crippen molar-refractivity contribution in [3.05, 3.63) is 64.7 Å². The molecule has 0 aromatic heterocycles. The summed E-state index contributed by atoms with van der Waals surface area (Å²) in [6.45, 7) is 10.0. The monoisotopic (exact) mass is 352 g/mol. The van der Waals surface area contributed by atoms with Crippen LogP contribution in [0.15, 0.2) is 53.5 Å². The van der Waals surface area contributed by atoms with Gasteiger partial charge in [-0.05, 0) is 68.7 Å². The number of aliphatic imine (C=N–C) groups is 1. The molecule has 0 saturated carbocycles. The van der Waals surface area contributed by atoms with Crippen LogP contribution in [0.5, 0.6) is 0 Å². The summed E-state index contributed by atoms with van der Waals surface area (Å²) in [4.78, 5) is 7.05. The topological polar surface area (TPSA) is 15.6 Å². The number of hydrogen-bond donors (Lipinski definition) is 0. The molecule has 2 nitrogen and oxygen atoms in total. The van der Waals surface area contributed by atoms with Gasteiger partial charge in [0.15, 0.2) is 0 Å². The van der Waals surface area contributed by atoms with E-state index in [1.807, 2.05) is 30.5 Å². The molecule has 0 amide bonds. The van der Waals surface area contributed by atoms with Crippen LogP contribution in [0.4, 0.5) is 11.4 Å². The number of halogens is 1. The Kier molecular flexibility index (Phi) is 5.01. The summed E-state index contributed by atoms with van der Waals surface area (Å²) in [5.74, 6) is 0. The second-order valence-electron chi connectivity index (χ2n) is 7.15. The van der Waals surface area contributed by atoms with Crippen LogP contribution in [0.1, 0.15) is 45.2 Å². The molecule has 2 aromatic rings. The standard InChI is InChI=1S/C22H25ClN2/c1-5-11-25-21-10-9-17(12-20(21)16(2)14-22(25,3)4)15-24-19-8-6-7-18(23)13-19/h6-10,12-15H,5,11H2,1-4H3. The third kappa shape index (κ3) is 3.80. The maximum Gasteiger partial charge on any atom is 0.0644 e. The number of anilines is 1. The van der Waals surface area contributed by atoms with Crippen molar-refractivity contribution in [1.29, 1.82) is 0 Å². The molecule has 0 saturated heterocycles. The van der Waals surface area contributed by atoms with Crippen LogP contribution in [0.2, 0.25) is 5.02 Å². The first-order valence-electron chi connectivity index (χ1n) is 8.82. The van der Waals surface area contributed by atoms with Crippen LogP contribution in [0, 0.1) is 0 Å². The number of nitrogens with zero attached hydrogens (tertiary/aromatic N) is 2. The molecule has 0 radical (unpaired) electrons. The zero-order valence-electron chi connectivity index (χ0n) is 15.4. The predicted molar refractivity (Wildman–Crippen MR) is 111 cm³/mol. The molecule has 3 rings (SSSR count). The van der Waals surface area contributed by atoms with Crippen LogP contribution < -0.4 is 4.90 Å². The summed E-state index contributed by atoms with van der Waals surface area (Å²) in [5, 5.41) is 0.705. The zero-order chi connectivity index (χ0) is 18.0. The number of allylic oxidation sites excluding steroid dienone is 1. The van der Waals surface area contributed by atoms with Gasteiger partial charge in [-0.25, -0.2) is 0 Å². The Morgan fingerprint density at radius 1 is 1.16 bits per heavy atom. The van der Waals surface area contributed by atoms with Crippen LogP contribution in [0.3, 0.4) is 0 Å². The average molecular weight is 353 g/mol. The van der Waals surface area contributed by atoms with Gasteiger partial charge >= 0.3 is 0 Å². The van der Waals surface area contributed by atoms with Gasteiger partial charge in [-0.3, -0.25) is 4.99 Å². The molecule has 1 aliphatic rings. The maximum atomic E-state index is 6.03. The molecule has 0 bridgehead atoms. The predicted octanol–water partition coefficient (Wildman–Crippen LogP) is 6.50. The summed E-state index contributed by atoms with van der Waals surface area (Å²) < 4.78 is 0. The molecular formula is C22H25ClN2. The van der Waals surface area contributed by atoms with Crippen molar-refractivity contribution in [2.75, 3.05) is 11.4 Å². The lowest BCUT2D eigenvalue weighted by molar-refractivity contribution is 0.550. The lowest BCUT2D eigenvalue weighted by Gasteiger charge is -2.43. The molecule has 0 N–H and O–H groups in total. The van der Waals surface area contributed by atoms with Gasteiger partial charge in [0, 0.05) is 29.0 Å². The van der Waals surface area contributed by atoms with E-state index in [4.69, 9.17) is 11.6 Å². The summed E-state index contributed by atoms with van der Waals surface area (Å²) in [6, 6.07) is 14.2. The van der Waals surface area contributed by atoms with E-state index in [1.54, 1.807) is 0 Å². The van der Waals surface area contributed by atoms with Gasteiger partial charge in [0.2, 0.25) is 0 Å². The van der Waals surface area contributed by atoms with E-state index < -0.39 is 0 Å². The van der Waals surface area contributed by atoms with Crippen LogP contribution >= 0.6 is 11.6 Å². The van der Waals surface area contributed by atoms with Crippen molar-refractivity contribution in [2.45, 2.75) is 39.7 Å². The SMILES string of the molecule is CCCN1c2ccc(C=Nc3cccc(Cl)c3)cc2C(C)=CC1(C)C. The van der Waals surface area contributed by atoms with Crippen molar-refractivity contribution in [3.8, 4) is 0 Å². The van der Waals surface area contributed by atoms with Crippen molar-refractivity contribution < 1.29 is 0 Å². The molecule has 1 heterocycles. The second kappa shape index (κ2) is 7.05. The minimum absolute atomic E-state index is 0.0451. The summed E-state index contributed by atoms with van der Waals surface area (Å²) in [5.41, 5.74) is 5.94. The minimum atomic E-state index is 0.0451. The Labute approximate surface area is 155 Å². The lowest BCUT2D eigenvalue weighted by atomic mass is 9.88. The molecule has 0 atom stereocenters. The molecule has 0 spiro atoms. The van der Waals surface area contributed by atoms with E-state index >= 15 is 0 Å². The highest BCUT2D eigenvalue weighted by Crippen LogP contribution is 2.39. The van der Waals surface area contributed by atoms with Gasteiger partial charge in [0.05, 0.1) is 11.2 Å². The fourth-order valence-corrected chi connectivity index (χ4v) is 3.70. The van der Waals surface area contributed by atoms with Crippen molar-refractivity contribution in [1.82, 2.24) is 0 Å². The maximum absolute atomic E-state index is 6.03. The van der Waals surface area contributed by atoms with Gasteiger partial charge in [-0.2, -0.15) is 0 Å². The molecule has 1 aliphatic heterocycles. The molecule has 0 aliphatic carbocycles. The van der Waals surface area contributed by atoms with Gasteiger partial charge in [-0.15, -0.1) is 0 Å². The number of benzene rings is 2.